The predicted octanol–water partition coefficient (Wildman–Crippen LogP) is 9.73. The molecule has 0 atom stereocenters. The van der Waals surface area contributed by atoms with Crippen LogP contribution in [0.4, 0.5) is 0 Å². The van der Waals surface area contributed by atoms with Gasteiger partial charge in [0.25, 0.3) is 0 Å². The van der Waals surface area contributed by atoms with E-state index in [0.29, 0.717) is 0 Å². The zero-order valence-corrected chi connectivity index (χ0v) is 26.3. The number of rotatable bonds is 3. The fourth-order valence-corrected chi connectivity index (χ4v) is 7.46. The second-order valence-corrected chi connectivity index (χ2v) is 14.2. The van der Waals surface area contributed by atoms with Gasteiger partial charge in [0.05, 0.1) is 22.2 Å². The number of hydrogen-bond acceptors (Lipinski definition) is 3. The van der Waals surface area contributed by atoms with Crippen LogP contribution in [-0.2, 0) is 9.31 Å². The van der Waals surface area contributed by atoms with E-state index in [1.54, 1.807) is 0 Å². The molecule has 1 fully saturated rings. The van der Waals surface area contributed by atoms with E-state index in [0.717, 1.165) is 11.2 Å². The van der Waals surface area contributed by atoms with Crippen LogP contribution in [-0.4, -0.2) is 22.9 Å². The number of nitrogens with zero attached hydrogens (tertiary/aromatic N) is 1. The summed E-state index contributed by atoms with van der Waals surface area (Å²) in [6, 6.07) is 36.0. The van der Waals surface area contributed by atoms with Gasteiger partial charge in [0, 0.05) is 36.6 Å². The lowest BCUT2D eigenvalue weighted by Crippen LogP contribution is -2.41. The van der Waals surface area contributed by atoms with E-state index >= 15 is 0 Å². The number of aryl methyl sites for hydroxylation is 2. The molecule has 0 N–H and O–H groups in total. The Balaban J connectivity index is 1.33. The minimum atomic E-state index is -0.409. The fourth-order valence-electron chi connectivity index (χ4n) is 6.39. The van der Waals surface area contributed by atoms with E-state index in [1.165, 1.54) is 64.2 Å². The Morgan fingerprint density at radius 3 is 1.79 bits per heavy atom. The summed E-state index contributed by atoms with van der Waals surface area (Å²) in [6.07, 6.45) is 0. The van der Waals surface area contributed by atoms with Crippen LogP contribution < -0.4 is 5.46 Å². The monoisotopic (exact) mass is 579 g/mol. The van der Waals surface area contributed by atoms with Gasteiger partial charge in [0.2, 0.25) is 0 Å². The topological polar surface area (TPSA) is 23.4 Å². The lowest BCUT2D eigenvalue weighted by Gasteiger charge is -2.32. The zero-order valence-electron chi connectivity index (χ0n) is 25.5. The number of benzene rings is 5. The second-order valence-electron chi connectivity index (χ2n) is 13.1. The molecule has 0 unspecified atom stereocenters. The first-order chi connectivity index (χ1) is 20.6. The van der Waals surface area contributed by atoms with Crippen LogP contribution in [0, 0.1) is 13.8 Å². The molecule has 5 heteroatoms. The average molecular weight is 580 g/mol. The number of fused-ring (bicyclic) bond motifs is 6. The Kier molecular flexibility index (Phi) is 5.78. The van der Waals surface area contributed by atoms with Crippen LogP contribution in [0.3, 0.4) is 0 Å². The first-order valence-corrected chi connectivity index (χ1v) is 15.8. The lowest BCUT2D eigenvalue weighted by molar-refractivity contribution is 0.00578. The average Bonchev–Trinajstić information content (AvgIpc) is 3.58. The van der Waals surface area contributed by atoms with Gasteiger partial charge in [-0.2, -0.15) is 0 Å². The van der Waals surface area contributed by atoms with Gasteiger partial charge in [-0.3, -0.25) is 0 Å². The molecule has 0 spiro atoms. The quantitative estimate of drug-likeness (QED) is 0.195. The molecular weight excluding hydrogens is 545 g/mol. The maximum absolute atomic E-state index is 6.46. The third-order valence-electron chi connectivity index (χ3n) is 9.56. The highest BCUT2D eigenvalue weighted by molar-refractivity contribution is 7.25. The van der Waals surface area contributed by atoms with Crippen molar-refractivity contribution in [3.8, 4) is 16.8 Å². The minimum Gasteiger partial charge on any atom is -0.399 e. The third-order valence-corrected chi connectivity index (χ3v) is 10.7. The van der Waals surface area contributed by atoms with Gasteiger partial charge in [0.15, 0.2) is 0 Å². The summed E-state index contributed by atoms with van der Waals surface area (Å²) < 4.78 is 18.0. The summed E-state index contributed by atoms with van der Waals surface area (Å²) in [6.45, 7) is 12.7. The van der Waals surface area contributed by atoms with Crippen LogP contribution in [0.2, 0.25) is 0 Å². The summed E-state index contributed by atoms with van der Waals surface area (Å²) in [5.74, 6) is 0. The summed E-state index contributed by atoms with van der Waals surface area (Å²) in [5.41, 5.74) is 8.76. The van der Waals surface area contributed by atoms with Crippen LogP contribution in [0.1, 0.15) is 38.8 Å². The summed E-state index contributed by atoms with van der Waals surface area (Å²) in [7, 11) is -0.409. The molecule has 0 bridgehead atoms. The fraction of sp³-hybridized carbons (Fsp3) is 0.211. The summed E-state index contributed by atoms with van der Waals surface area (Å²) >= 11 is 1.87. The maximum atomic E-state index is 6.46. The van der Waals surface area contributed by atoms with Crippen molar-refractivity contribution in [1.82, 2.24) is 4.57 Å². The van der Waals surface area contributed by atoms with Crippen molar-refractivity contribution >= 4 is 65.9 Å². The van der Waals surface area contributed by atoms with E-state index in [2.05, 4.69) is 143 Å². The van der Waals surface area contributed by atoms with Crippen LogP contribution in [0.15, 0.2) is 97.1 Å². The third kappa shape index (κ3) is 4.17. The van der Waals surface area contributed by atoms with Gasteiger partial charge in [-0.05, 0) is 113 Å². The van der Waals surface area contributed by atoms with Crippen molar-refractivity contribution in [3.05, 3.63) is 108 Å². The number of thiophene rings is 1. The molecule has 7 aromatic rings. The summed E-state index contributed by atoms with van der Waals surface area (Å²) in [5, 5.41) is 5.08. The largest absolute Gasteiger partial charge is 0.494 e. The zero-order chi connectivity index (χ0) is 29.7. The normalized spacial score (nSPS) is 16.3. The number of aromatic nitrogens is 1. The first kappa shape index (κ1) is 26.7. The van der Waals surface area contributed by atoms with Crippen molar-refractivity contribution in [2.75, 3.05) is 0 Å². The van der Waals surface area contributed by atoms with Crippen molar-refractivity contribution in [2.24, 2.45) is 0 Å². The predicted molar refractivity (Wildman–Crippen MR) is 184 cm³/mol. The molecule has 0 aliphatic carbocycles. The molecule has 1 aliphatic rings. The molecule has 3 heterocycles. The molecule has 43 heavy (non-hydrogen) atoms. The SMILES string of the molecule is Cc1ccc(-n2c3ccc(B4OC(C)(C)C(C)(C)O4)cc3c3cc(-c4ccc5sc6ccc(C)cc6c5c4)ccc32)cc1. The van der Waals surface area contributed by atoms with Crippen LogP contribution in [0.5, 0.6) is 0 Å². The minimum absolute atomic E-state index is 0.390. The van der Waals surface area contributed by atoms with E-state index < -0.39 is 18.3 Å². The van der Waals surface area contributed by atoms with Gasteiger partial charge in [-0.15, -0.1) is 11.3 Å². The van der Waals surface area contributed by atoms with Gasteiger partial charge < -0.3 is 13.9 Å². The van der Waals surface area contributed by atoms with E-state index in [9.17, 15) is 0 Å². The molecule has 0 radical (unpaired) electrons. The molecule has 2 aromatic heterocycles. The van der Waals surface area contributed by atoms with Crippen molar-refractivity contribution in [2.45, 2.75) is 52.7 Å². The van der Waals surface area contributed by atoms with Crippen molar-refractivity contribution in [1.29, 1.82) is 0 Å². The van der Waals surface area contributed by atoms with Gasteiger partial charge in [-0.25, -0.2) is 0 Å². The lowest BCUT2D eigenvalue weighted by atomic mass is 9.78. The van der Waals surface area contributed by atoms with E-state index in [-0.39, 0.29) is 0 Å². The van der Waals surface area contributed by atoms with Gasteiger partial charge in [0.1, 0.15) is 0 Å². The molecule has 8 rings (SSSR count). The maximum Gasteiger partial charge on any atom is 0.494 e. The molecule has 0 amide bonds. The molecule has 1 aliphatic heterocycles. The van der Waals surface area contributed by atoms with E-state index in [1.807, 2.05) is 11.3 Å². The Morgan fingerprint density at radius 1 is 0.558 bits per heavy atom. The molecule has 5 aromatic carbocycles. The molecule has 0 saturated carbocycles. The Bertz CT molecular complexity index is 2210. The molecule has 212 valence electrons. The smallest absolute Gasteiger partial charge is 0.399 e. The Labute approximate surface area is 256 Å². The molecule has 3 nitrogen and oxygen atoms in total. The molecule has 1 saturated heterocycles. The summed E-state index contributed by atoms with van der Waals surface area (Å²) in [4.78, 5) is 0. The van der Waals surface area contributed by atoms with Gasteiger partial charge >= 0.3 is 7.12 Å². The van der Waals surface area contributed by atoms with Crippen molar-refractivity contribution < 1.29 is 9.31 Å². The second kappa shape index (κ2) is 9.30. The highest BCUT2D eigenvalue weighted by Crippen LogP contribution is 2.40. The Hall–Kier alpha value is -3.90. The van der Waals surface area contributed by atoms with Crippen LogP contribution in [0.25, 0.3) is 58.8 Å². The highest BCUT2D eigenvalue weighted by Gasteiger charge is 2.51. The van der Waals surface area contributed by atoms with Crippen LogP contribution >= 0.6 is 11.3 Å². The molecular formula is C38H34BNO2S. The first-order valence-electron chi connectivity index (χ1n) is 15.0. The number of hydrogen-bond donors (Lipinski definition) is 0. The standard InChI is InChI=1S/C38H34BNO2S/c1-23-7-13-28(14-8-23)40-33-15-10-25(26-11-18-36-32(21-26)31-19-24(2)9-17-35(31)43-36)20-29(33)30-22-27(12-16-34(30)40)39-41-37(3,4)38(5,6)42-39/h7-22H,1-6H3. The van der Waals surface area contributed by atoms with Crippen molar-refractivity contribution in [3.63, 3.8) is 0 Å². The highest BCUT2D eigenvalue weighted by atomic mass is 32.1. The van der Waals surface area contributed by atoms with Gasteiger partial charge in [-0.1, -0.05) is 53.6 Å². The Morgan fingerprint density at radius 2 is 1.09 bits per heavy atom. The van der Waals surface area contributed by atoms with E-state index in [4.69, 9.17) is 9.31 Å².